The monoisotopic (exact) mass is 442 g/mol. The summed E-state index contributed by atoms with van der Waals surface area (Å²) in [6.45, 7) is 2.29. The Morgan fingerprint density at radius 1 is 0.667 bits per heavy atom. The van der Waals surface area contributed by atoms with Crippen LogP contribution in [0, 0.1) is 0 Å². The molecule has 0 saturated heterocycles. The lowest BCUT2D eigenvalue weighted by Gasteiger charge is -2.27. The van der Waals surface area contributed by atoms with Crippen LogP contribution in [0.2, 0.25) is 0 Å². The number of unbranched alkanes of at least 4 members (excludes halogenated alkanes) is 16. The van der Waals surface area contributed by atoms with Crippen LogP contribution in [0.25, 0.3) is 0 Å². The van der Waals surface area contributed by atoms with E-state index in [1.807, 2.05) is 21.1 Å². The Kier molecular flexibility index (Phi) is 20.5. The zero-order valence-corrected chi connectivity index (χ0v) is 21.8. The molecule has 0 fully saturated rings. The van der Waals surface area contributed by atoms with E-state index in [2.05, 4.69) is 19.1 Å². The first-order valence-corrected chi connectivity index (χ1v) is 14.2. The second-order valence-corrected chi connectivity index (χ2v) is 11.2. The minimum Gasteiger partial charge on any atom is -0.591 e. The van der Waals surface area contributed by atoms with Crippen molar-refractivity contribution < 1.29 is 13.9 Å². The van der Waals surface area contributed by atoms with Crippen LogP contribution in [0.3, 0.4) is 0 Å². The first-order chi connectivity index (χ1) is 14.4. The fraction of sp³-hybridized carbons (Fsp3) is 0.923. The van der Waals surface area contributed by atoms with Crippen molar-refractivity contribution in [2.24, 2.45) is 0 Å². The highest BCUT2D eigenvalue weighted by atomic mass is 31.1. The Bertz CT molecular complexity index is 418. The van der Waals surface area contributed by atoms with E-state index >= 15 is 0 Å². The van der Waals surface area contributed by atoms with E-state index in [0.29, 0.717) is 4.48 Å². The Hall–Kier alpha value is -0.240. The zero-order valence-electron chi connectivity index (χ0n) is 20.9. The normalized spacial score (nSPS) is 13.8. The third-order valence-corrected chi connectivity index (χ3v) is 7.55. The summed E-state index contributed by atoms with van der Waals surface area (Å²) in [5.41, 5.74) is 0. The van der Waals surface area contributed by atoms with Crippen molar-refractivity contribution in [1.29, 1.82) is 0 Å². The molecule has 0 rings (SSSR count). The van der Waals surface area contributed by atoms with E-state index < -0.39 is 8.03 Å². The molecule has 30 heavy (non-hydrogen) atoms. The molecule has 0 aliphatic carbocycles. The predicted molar refractivity (Wildman–Crippen MR) is 132 cm³/mol. The van der Waals surface area contributed by atoms with Crippen molar-refractivity contribution in [3.63, 3.8) is 0 Å². The van der Waals surface area contributed by atoms with Gasteiger partial charge in [-0.15, -0.1) is 0 Å². The smallest absolute Gasteiger partial charge is 0.373 e. The highest BCUT2D eigenvalue weighted by Gasteiger charge is 2.34. The quantitative estimate of drug-likeness (QED) is 0.0735. The van der Waals surface area contributed by atoms with Gasteiger partial charge in [0.15, 0.2) is 0 Å². The number of allylic oxidation sites excluding steroid dienone is 2. The summed E-state index contributed by atoms with van der Waals surface area (Å²) in [5.74, 6) is -0.260. The molecule has 4 heteroatoms. The average Bonchev–Trinajstić information content (AvgIpc) is 2.68. The molecule has 2 atom stereocenters. The average molecular weight is 443 g/mol. The molecule has 0 heterocycles. The SMILES string of the molecule is CCCCCCCCCCCCCCCCC/C=C\CCCC([P+](=O)[O-])[N+](C)(C)C. The van der Waals surface area contributed by atoms with Crippen LogP contribution in [0.15, 0.2) is 12.2 Å². The Balaban J connectivity index is 3.33. The van der Waals surface area contributed by atoms with Crippen LogP contribution in [-0.2, 0) is 4.57 Å². The lowest BCUT2D eigenvalue weighted by molar-refractivity contribution is -0.883. The van der Waals surface area contributed by atoms with Gasteiger partial charge in [0.25, 0.3) is 5.78 Å². The van der Waals surface area contributed by atoms with Crippen molar-refractivity contribution in [2.75, 3.05) is 21.1 Å². The summed E-state index contributed by atoms with van der Waals surface area (Å²) in [5, 5.41) is 0. The standard InChI is InChI=1S/C26H53NO2P/c1-5-6-7-8-9-10-11-12-13-14-15-16-17-18-19-20-21-22-23-24-25-26(30(28)29)27(2,3)4/h21-22,26H,5-20,23-25H2,1-4H3/q+1/b22-21-. The molecule has 0 aromatic rings. The van der Waals surface area contributed by atoms with E-state index in [4.69, 9.17) is 0 Å². The molecule has 0 aliphatic heterocycles. The summed E-state index contributed by atoms with van der Waals surface area (Å²) in [6, 6.07) is 0. The van der Waals surface area contributed by atoms with Crippen molar-refractivity contribution in [3.8, 4) is 0 Å². The summed E-state index contributed by atoms with van der Waals surface area (Å²) in [7, 11) is 3.53. The molecule has 0 bridgehead atoms. The van der Waals surface area contributed by atoms with Crippen molar-refractivity contribution >= 4 is 8.03 Å². The van der Waals surface area contributed by atoms with Gasteiger partial charge in [-0.3, -0.25) is 4.48 Å². The van der Waals surface area contributed by atoms with Gasteiger partial charge < -0.3 is 4.89 Å². The van der Waals surface area contributed by atoms with Crippen molar-refractivity contribution in [1.82, 2.24) is 0 Å². The Labute approximate surface area is 190 Å². The summed E-state index contributed by atoms with van der Waals surface area (Å²) in [6.07, 6.45) is 29.6. The fourth-order valence-corrected chi connectivity index (χ4v) is 5.02. The van der Waals surface area contributed by atoms with Crippen LogP contribution in [-0.4, -0.2) is 31.4 Å². The van der Waals surface area contributed by atoms with Gasteiger partial charge in [-0.05, 0) is 25.7 Å². The number of nitrogens with zero attached hydrogens (tertiary/aromatic N) is 1. The third kappa shape index (κ3) is 19.7. The first kappa shape index (κ1) is 29.8. The van der Waals surface area contributed by atoms with E-state index in [1.54, 1.807) is 0 Å². The van der Waals surface area contributed by atoms with Crippen LogP contribution < -0.4 is 4.89 Å². The topological polar surface area (TPSA) is 40.1 Å². The Morgan fingerprint density at radius 3 is 1.40 bits per heavy atom. The van der Waals surface area contributed by atoms with E-state index in [9.17, 15) is 9.46 Å². The largest absolute Gasteiger partial charge is 0.591 e. The fourth-order valence-electron chi connectivity index (χ4n) is 4.06. The van der Waals surface area contributed by atoms with E-state index in [0.717, 1.165) is 19.3 Å². The van der Waals surface area contributed by atoms with Gasteiger partial charge >= 0.3 is 8.03 Å². The minimum atomic E-state index is -2.35. The maximum atomic E-state index is 11.4. The lowest BCUT2D eigenvalue weighted by Crippen LogP contribution is -2.44. The van der Waals surface area contributed by atoms with Gasteiger partial charge in [0, 0.05) is 6.42 Å². The zero-order chi connectivity index (χ0) is 22.5. The van der Waals surface area contributed by atoms with Crippen molar-refractivity contribution in [2.45, 2.75) is 135 Å². The van der Waals surface area contributed by atoms with Gasteiger partial charge in [0.2, 0.25) is 0 Å². The molecule has 0 aromatic heterocycles. The lowest BCUT2D eigenvalue weighted by atomic mass is 10.0. The first-order valence-electron chi connectivity index (χ1n) is 13.0. The number of quaternary nitrogens is 1. The van der Waals surface area contributed by atoms with Gasteiger partial charge in [-0.1, -0.05) is 114 Å². The van der Waals surface area contributed by atoms with E-state index in [1.165, 1.54) is 103 Å². The summed E-state index contributed by atoms with van der Waals surface area (Å²) in [4.78, 5) is 11.4. The van der Waals surface area contributed by atoms with Gasteiger partial charge in [0.1, 0.15) is 0 Å². The third-order valence-electron chi connectivity index (χ3n) is 6.11. The van der Waals surface area contributed by atoms with Crippen LogP contribution in [0.5, 0.6) is 0 Å². The second kappa shape index (κ2) is 20.7. The van der Waals surface area contributed by atoms with Crippen molar-refractivity contribution in [3.05, 3.63) is 12.2 Å². The maximum Gasteiger partial charge on any atom is 0.373 e. The maximum absolute atomic E-state index is 11.4. The molecule has 0 aromatic carbocycles. The molecule has 0 saturated carbocycles. The Morgan fingerprint density at radius 2 is 1.03 bits per heavy atom. The van der Waals surface area contributed by atoms with Gasteiger partial charge in [-0.2, -0.15) is 0 Å². The summed E-state index contributed by atoms with van der Waals surface area (Å²) >= 11 is 0. The molecular weight excluding hydrogens is 389 g/mol. The highest BCUT2D eigenvalue weighted by molar-refractivity contribution is 7.37. The van der Waals surface area contributed by atoms with Gasteiger partial charge in [0.05, 0.1) is 21.1 Å². The molecular formula is C26H53NO2P+. The van der Waals surface area contributed by atoms with Crippen LogP contribution in [0.4, 0.5) is 0 Å². The molecule has 2 unspecified atom stereocenters. The molecule has 0 aliphatic rings. The molecule has 0 amide bonds. The molecule has 3 nitrogen and oxygen atoms in total. The molecule has 0 N–H and O–H groups in total. The van der Waals surface area contributed by atoms with Crippen LogP contribution >= 0.6 is 8.03 Å². The second-order valence-electron chi connectivity index (χ2n) is 10.0. The van der Waals surface area contributed by atoms with Gasteiger partial charge in [-0.25, -0.2) is 0 Å². The summed E-state index contributed by atoms with van der Waals surface area (Å²) < 4.78 is 11.9. The van der Waals surface area contributed by atoms with E-state index in [-0.39, 0.29) is 5.78 Å². The number of hydrogen-bond acceptors (Lipinski definition) is 2. The number of hydrogen-bond donors (Lipinski definition) is 0. The predicted octanol–water partition coefficient (Wildman–Crippen LogP) is 8.11. The molecule has 0 radical (unpaired) electrons. The highest BCUT2D eigenvalue weighted by Crippen LogP contribution is 2.28. The number of rotatable bonds is 22. The van der Waals surface area contributed by atoms with Crippen LogP contribution in [0.1, 0.15) is 129 Å². The molecule has 0 spiro atoms. The minimum absolute atomic E-state index is 0.260. The molecule has 178 valence electrons.